The Bertz CT molecular complexity index is 1310. The Morgan fingerprint density at radius 2 is 1.67 bits per heavy atom. The highest BCUT2D eigenvalue weighted by Gasteiger charge is 2.24. The highest BCUT2D eigenvalue weighted by Crippen LogP contribution is 2.46. The maximum Gasteiger partial charge on any atom is 0.213 e. The number of rotatable bonds is 5. The van der Waals surface area contributed by atoms with E-state index in [0.29, 0.717) is 0 Å². The number of allylic oxidation sites excluding steroid dienone is 4. The molecule has 1 aromatic heterocycles. The summed E-state index contributed by atoms with van der Waals surface area (Å²) in [5.41, 5.74) is 10.5. The molecule has 0 N–H and O–H groups in total. The summed E-state index contributed by atoms with van der Waals surface area (Å²) in [6.07, 6.45) is 11.2. The van der Waals surface area contributed by atoms with Crippen LogP contribution < -0.4 is 9.47 Å². The minimum atomic E-state index is 0.975. The van der Waals surface area contributed by atoms with E-state index in [1.165, 1.54) is 59.9 Å². The van der Waals surface area contributed by atoms with Crippen molar-refractivity contribution in [2.45, 2.75) is 59.9 Å². The SMILES string of the molecule is CCN1C(=CC=C(C)C=Cc2cc[n+](CC)c3cc(C)c(C)cc23)Sc2cc(C)c(C)cc21. The number of anilines is 1. The van der Waals surface area contributed by atoms with Gasteiger partial charge in [0.15, 0.2) is 6.20 Å². The average molecular weight is 456 g/mol. The van der Waals surface area contributed by atoms with Crippen LogP contribution in [-0.2, 0) is 6.54 Å². The Hall–Kier alpha value is -2.78. The van der Waals surface area contributed by atoms with Gasteiger partial charge in [-0.2, -0.15) is 4.57 Å². The fraction of sp³-hybridized carbons (Fsp3) is 0.300. The van der Waals surface area contributed by atoms with E-state index in [1.807, 2.05) is 11.8 Å². The molecule has 2 nitrogen and oxygen atoms in total. The van der Waals surface area contributed by atoms with Crippen molar-refractivity contribution in [1.29, 1.82) is 0 Å². The van der Waals surface area contributed by atoms with Crippen LogP contribution in [0.25, 0.3) is 17.0 Å². The summed E-state index contributed by atoms with van der Waals surface area (Å²) in [4.78, 5) is 3.78. The molecule has 0 saturated carbocycles. The second-order valence-corrected chi connectivity index (χ2v) is 10.1. The Morgan fingerprint density at radius 1 is 0.970 bits per heavy atom. The topological polar surface area (TPSA) is 7.12 Å². The van der Waals surface area contributed by atoms with Crippen molar-refractivity contribution < 1.29 is 4.57 Å². The molecule has 0 spiro atoms. The average Bonchev–Trinajstić information content (AvgIpc) is 3.13. The Labute approximate surface area is 203 Å². The van der Waals surface area contributed by atoms with E-state index in [4.69, 9.17) is 0 Å². The Balaban J connectivity index is 1.62. The molecule has 2 heterocycles. The smallest absolute Gasteiger partial charge is 0.213 e. The largest absolute Gasteiger partial charge is 0.335 e. The standard InChI is InChI=1S/C30H35N2S/c1-8-31-15-14-25(26-16-21(4)22(5)17-27(26)31)12-10-20(3)11-13-30-32(9-2)28-18-23(6)24(7)19-29(28)33-30/h10-19H,8-9H2,1-7H3/q+1. The van der Waals surface area contributed by atoms with Crippen LogP contribution in [0.3, 0.4) is 0 Å². The summed E-state index contributed by atoms with van der Waals surface area (Å²) in [5.74, 6) is 0. The third-order valence-corrected chi connectivity index (χ3v) is 7.80. The number of aromatic nitrogens is 1. The van der Waals surface area contributed by atoms with Gasteiger partial charge >= 0.3 is 0 Å². The van der Waals surface area contributed by atoms with Gasteiger partial charge < -0.3 is 4.90 Å². The van der Waals surface area contributed by atoms with Gasteiger partial charge in [-0.25, -0.2) is 0 Å². The van der Waals surface area contributed by atoms with E-state index >= 15 is 0 Å². The lowest BCUT2D eigenvalue weighted by Crippen LogP contribution is -2.32. The van der Waals surface area contributed by atoms with Crippen LogP contribution in [0.1, 0.15) is 48.6 Å². The molecule has 33 heavy (non-hydrogen) atoms. The van der Waals surface area contributed by atoms with E-state index in [1.54, 1.807) is 0 Å². The zero-order valence-electron chi connectivity index (χ0n) is 21.0. The van der Waals surface area contributed by atoms with Gasteiger partial charge in [0.1, 0.15) is 6.54 Å². The van der Waals surface area contributed by atoms with Crippen molar-refractivity contribution in [2.75, 3.05) is 11.4 Å². The van der Waals surface area contributed by atoms with Gasteiger partial charge in [0.25, 0.3) is 0 Å². The van der Waals surface area contributed by atoms with Gasteiger partial charge in [-0.1, -0.05) is 35.6 Å². The summed E-state index contributed by atoms with van der Waals surface area (Å²) in [6, 6.07) is 11.5. The van der Waals surface area contributed by atoms with Crippen molar-refractivity contribution in [2.24, 2.45) is 0 Å². The summed E-state index contributed by atoms with van der Waals surface area (Å²) in [6.45, 7) is 17.3. The number of benzene rings is 2. The predicted molar refractivity (Wildman–Crippen MR) is 145 cm³/mol. The number of fused-ring (bicyclic) bond motifs is 2. The van der Waals surface area contributed by atoms with Crippen LogP contribution in [0, 0.1) is 27.7 Å². The lowest BCUT2D eigenvalue weighted by atomic mass is 10.0. The molecule has 4 rings (SSSR count). The van der Waals surface area contributed by atoms with Crippen molar-refractivity contribution in [1.82, 2.24) is 0 Å². The molecule has 2 aromatic carbocycles. The van der Waals surface area contributed by atoms with Crippen LogP contribution in [-0.4, -0.2) is 6.54 Å². The molecule has 0 aliphatic carbocycles. The van der Waals surface area contributed by atoms with Gasteiger partial charge in [-0.3, -0.25) is 0 Å². The number of pyridine rings is 1. The first-order valence-electron chi connectivity index (χ1n) is 11.9. The third-order valence-electron chi connectivity index (χ3n) is 6.68. The van der Waals surface area contributed by atoms with E-state index < -0.39 is 0 Å². The third kappa shape index (κ3) is 4.65. The normalized spacial score (nSPS) is 15.3. The number of aryl methyl sites for hydroxylation is 5. The molecule has 0 amide bonds. The van der Waals surface area contributed by atoms with Crippen LogP contribution in [0.5, 0.6) is 0 Å². The van der Waals surface area contributed by atoms with Crippen molar-refractivity contribution in [3.63, 3.8) is 0 Å². The van der Waals surface area contributed by atoms with Crippen molar-refractivity contribution in [3.05, 3.63) is 93.2 Å². The minimum Gasteiger partial charge on any atom is -0.335 e. The predicted octanol–water partition coefficient (Wildman–Crippen LogP) is 7.81. The number of nitrogens with zero attached hydrogens (tertiary/aromatic N) is 2. The first kappa shape index (κ1) is 23.4. The molecule has 170 valence electrons. The molecule has 0 fully saturated rings. The van der Waals surface area contributed by atoms with Gasteiger partial charge in [0.2, 0.25) is 5.52 Å². The Morgan fingerprint density at radius 3 is 2.39 bits per heavy atom. The molecule has 3 aromatic rings. The fourth-order valence-electron chi connectivity index (χ4n) is 4.31. The Kier molecular flexibility index (Phi) is 6.81. The molecule has 0 atom stereocenters. The second-order valence-electron chi connectivity index (χ2n) is 9.01. The van der Waals surface area contributed by atoms with Gasteiger partial charge in [-0.05, 0) is 101 Å². The van der Waals surface area contributed by atoms with Crippen LogP contribution in [0.4, 0.5) is 5.69 Å². The fourth-order valence-corrected chi connectivity index (χ4v) is 5.52. The number of thioether (sulfide) groups is 1. The lowest BCUT2D eigenvalue weighted by molar-refractivity contribution is -0.667. The maximum absolute atomic E-state index is 2.42. The van der Waals surface area contributed by atoms with Crippen LogP contribution in [0.2, 0.25) is 0 Å². The van der Waals surface area contributed by atoms with Crippen LogP contribution >= 0.6 is 11.8 Å². The van der Waals surface area contributed by atoms with E-state index in [9.17, 15) is 0 Å². The number of hydrogen-bond donors (Lipinski definition) is 0. The van der Waals surface area contributed by atoms with E-state index in [-0.39, 0.29) is 0 Å². The number of hydrogen-bond acceptors (Lipinski definition) is 2. The van der Waals surface area contributed by atoms with Crippen molar-refractivity contribution >= 4 is 34.4 Å². The molecule has 3 heteroatoms. The van der Waals surface area contributed by atoms with Gasteiger partial charge in [-0.15, -0.1) is 0 Å². The quantitative estimate of drug-likeness (QED) is 0.286. The summed E-state index contributed by atoms with van der Waals surface area (Å²) >= 11 is 1.87. The molecular formula is C30H35N2S+. The first-order valence-corrected chi connectivity index (χ1v) is 12.7. The van der Waals surface area contributed by atoms with E-state index in [2.05, 4.69) is 119 Å². The molecule has 0 bridgehead atoms. The second kappa shape index (κ2) is 9.61. The monoisotopic (exact) mass is 455 g/mol. The highest BCUT2D eigenvalue weighted by atomic mass is 32.2. The minimum absolute atomic E-state index is 0.975. The summed E-state index contributed by atoms with van der Waals surface area (Å²) in [5, 5.41) is 2.61. The van der Waals surface area contributed by atoms with Gasteiger partial charge in [0, 0.05) is 23.6 Å². The van der Waals surface area contributed by atoms with Crippen molar-refractivity contribution in [3.8, 4) is 0 Å². The molecule has 1 aliphatic rings. The zero-order valence-corrected chi connectivity index (χ0v) is 21.8. The maximum atomic E-state index is 2.42. The summed E-state index contributed by atoms with van der Waals surface area (Å²) in [7, 11) is 0. The molecular weight excluding hydrogens is 420 g/mol. The summed E-state index contributed by atoms with van der Waals surface area (Å²) < 4.78 is 2.32. The molecule has 0 unspecified atom stereocenters. The highest BCUT2D eigenvalue weighted by molar-refractivity contribution is 8.03. The first-order chi connectivity index (χ1) is 15.8. The molecule has 0 saturated heterocycles. The van der Waals surface area contributed by atoms with Gasteiger partial charge in [0.05, 0.1) is 16.1 Å². The zero-order chi connectivity index (χ0) is 23.7. The molecule has 1 aliphatic heterocycles. The van der Waals surface area contributed by atoms with E-state index in [0.717, 1.165) is 13.1 Å². The van der Waals surface area contributed by atoms with Crippen LogP contribution in [0.15, 0.2) is 70.3 Å². The molecule has 0 radical (unpaired) electrons. The lowest BCUT2D eigenvalue weighted by Gasteiger charge is -2.18.